The van der Waals surface area contributed by atoms with Gasteiger partial charge in [-0.15, -0.1) is 0 Å². The lowest BCUT2D eigenvalue weighted by atomic mass is 9.98. The molecule has 5 N–H and O–H groups in total. The number of rotatable bonds is 15. The Morgan fingerprint density at radius 1 is 0.558 bits per heavy atom. The molecule has 9 heterocycles. The molecule has 15 rings (SSSR count). The number of benzene rings is 6. The van der Waals surface area contributed by atoms with Crippen LogP contribution in [0.15, 0.2) is 259 Å². The second kappa shape index (κ2) is 29.2. The molecular weight excluding hydrogens is 1330 g/mol. The van der Waals surface area contributed by atoms with Gasteiger partial charge in [0, 0.05) is 77.9 Å². The zero-order chi connectivity index (χ0) is 72.9. The summed E-state index contributed by atoms with van der Waals surface area (Å²) in [5.74, 6) is -0.107. The number of halogens is 3. The van der Waals surface area contributed by atoms with Gasteiger partial charge in [0.05, 0.1) is 75.6 Å². The van der Waals surface area contributed by atoms with Crippen LogP contribution in [0.25, 0.3) is 77.6 Å². The molecule has 0 aliphatic heterocycles. The average Bonchev–Trinajstić information content (AvgIpc) is 1.00. The number of aromatic nitrogens is 13. The normalized spacial score (nSPS) is 12.2. The summed E-state index contributed by atoms with van der Waals surface area (Å²) < 4.78 is 54.1. The third-order valence-corrected chi connectivity index (χ3v) is 17.3. The summed E-state index contributed by atoms with van der Waals surface area (Å²) in [4.78, 5) is 92.5. The zero-order valence-corrected chi connectivity index (χ0v) is 56.4. The highest BCUT2D eigenvalue weighted by molar-refractivity contribution is 6.01. The van der Waals surface area contributed by atoms with E-state index in [9.17, 15) is 37.1 Å². The number of hydrogen-bond donors (Lipinski definition) is 4. The third kappa shape index (κ3) is 13.7. The van der Waals surface area contributed by atoms with Crippen molar-refractivity contribution in [3.8, 4) is 34.1 Å². The Hall–Kier alpha value is -13.8. The van der Waals surface area contributed by atoms with Gasteiger partial charge in [0.2, 0.25) is 5.88 Å². The van der Waals surface area contributed by atoms with Gasteiger partial charge in [0.15, 0.2) is 22.8 Å². The summed E-state index contributed by atoms with van der Waals surface area (Å²) in [5, 5.41) is 19.5. The fourth-order valence-corrected chi connectivity index (χ4v) is 12.4. The average molecular weight is 1390 g/mol. The number of nitrogens with one attached hydrogen (secondary N) is 3. The SMILES string of the molecule is C=C(N[C@@H](C)c1cc2cccc(-c3ccnc(OC)c3)c2c(=O)n1-c1ccccc1)c1cnn2cccnc12.C[C@H](NC(=O)c1nccnc1N)c1cc2cccc(C(F)(F)F)c2c(=O)n1-c1ccccc1.Cc1nn2cccnc2c1C(=O)N[C@@H](C)c1nc2ccccc2c(=O)n1-c1ccccc1. The van der Waals surface area contributed by atoms with E-state index >= 15 is 0 Å². The maximum atomic E-state index is 14.3. The van der Waals surface area contributed by atoms with Crippen molar-refractivity contribution < 1.29 is 27.5 Å². The van der Waals surface area contributed by atoms with Crippen molar-refractivity contribution in [3.63, 3.8) is 0 Å². The lowest BCUT2D eigenvalue weighted by Gasteiger charge is -2.23. The molecule has 0 saturated carbocycles. The number of methoxy groups -OCH3 is 1. The first-order valence-corrected chi connectivity index (χ1v) is 32.6. The van der Waals surface area contributed by atoms with Crippen LogP contribution in [0, 0.1) is 6.92 Å². The van der Waals surface area contributed by atoms with Crippen molar-refractivity contribution in [2.75, 3.05) is 12.8 Å². The maximum Gasteiger partial charge on any atom is 0.417 e. The highest BCUT2D eigenvalue weighted by atomic mass is 19.4. The molecule has 0 spiro atoms. The largest absolute Gasteiger partial charge is 0.481 e. The minimum atomic E-state index is -4.71. The molecule has 2 amide bonds. The summed E-state index contributed by atoms with van der Waals surface area (Å²) >= 11 is 0. The fraction of sp³-hybridized carbons (Fsp3) is 0.115. The molecule has 0 aliphatic carbocycles. The quantitative estimate of drug-likeness (QED) is 0.0742. The lowest BCUT2D eigenvalue weighted by Crippen LogP contribution is -2.33. The molecule has 104 heavy (non-hydrogen) atoms. The number of amides is 2. The van der Waals surface area contributed by atoms with Crippen LogP contribution >= 0.6 is 0 Å². The van der Waals surface area contributed by atoms with Crippen molar-refractivity contribution in [3.05, 3.63) is 321 Å². The molecule has 23 nitrogen and oxygen atoms in total. The second-order valence-corrected chi connectivity index (χ2v) is 24.0. The number of aryl methyl sites for hydroxylation is 1. The van der Waals surface area contributed by atoms with E-state index in [-0.39, 0.29) is 45.7 Å². The van der Waals surface area contributed by atoms with Crippen LogP contribution in [0.1, 0.15) is 93.8 Å². The van der Waals surface area contributed by atoms with Crippen molar-refractivity contribution >= 4 is 67.1 Å². The number of fused-ring (bicyclic) bond motifs is 5. The van der Waals surface area contributed by atoms with Crippen molar-refractivity contribution in [1.29, 1.82) is 0 Å². The standard InChI is InChI=1S/C31H26N6O2.C24H20N6O2.C23H18F3N5O2/c1-20(26-19-34-36-16-8-14-33-30(26)36)35-21(2)27-17-23-9-7-12-25(22-13-15-32-28(18-22)39-3)29(23)31(38)37(27)24-10-5-4-6-11-24;1-15-20(22-25-13-8-14-29(22)28-15)23(31)26-16(2)21-27-19-12-7-6-11-18(19)24(32)30(21)17-9-4-3-5-10-17;1-13(30-21(32)19-20(27)29-11-10-28-19)17-12-14-6-5-9-16(23(24,25)26)18(14)22(33)31(17)15-7-3-2-4-8-15/h4-19,21,35H,1H2,2-3H3;3-14,16H,1-2H3,(H,26,31);2-13H,1H3,(H2,27,29)(H,30,32)/t21-;16-;13-/m000/s1. The van der Waals surface area contributed by atoms with E-state index in [2.05, 4.69) is 63.7 Å². The number of carbonyl (C=O) groups is 2. The molecule has 26 heteroatoms. The van der Waals surface area contributed by atoms with Gasteiger partial charge in [-0.1, -0.05) is 104 Å². The zero-order valence-electron chi connectivity index (χ0n) is 56.4. The minimum Gasteiger partial charge on any atom is -0.481 e. The van der Waals surface area contributed by atoms with Crippen molar-refractivity contribution in [2.24, 2.45) is 0 Å². The molecule has 9 aromatic heterocycles. The van der Waals surface area contributed by atoms with Crippen LogP contribution in [-0.4, -0.2) is 81.8 Å². The van der Waals surface area contributed by atoms with Crippen LogP contribution in [-0.2, 0) is 6.18 Å². The van der Waals surface area contributed by atoms with Gasteiger partial charge in [0.1, 0.15) is 11.4 Å². The molecule has 6 aromatic carbocycles. The Morgan fingerprint density at radius 2 is 1.12 bits per heavy atom. The number of ether oxygens (including phenoxy) is 1. The van der Waals surface area contributed by atoms with Crippen LogP contribution in [0.4, 0.5) is 19.0 Å². The Kier molecular flexibility index (Phi) is 19.3. The summed E-state index contributed by atoms with van der Waals surface area (Å²) in [5.41, 5.74) is 12.2. The van der Waals surface area contributed by atoms with E-state index < -0.39 is 40.7 Å². The summed E-state index contributed by atoms with van der Waals surface area (Å²) in [7, 11) is 1.58. The Balaban J connectivity index is 0.000000140. The van der Waals surface area contributed by atoms with Gasteiger partial charge < -0.3 is 26.4 Å². The van der Waals surface area contributed by atoms with E-state index in [0.717, 1.165) is 39.5 Å². The predicted octanol–water partition coefficient (Wildman–Crippen LogP) is 12.5. The highest BCUT2D eigenvalue weighted by Crippen LogP contribution is 2.36. The highest BCUT2D eigenvalue weighted by Gasteiger charge is 2.35. The van der Waals surface area contributed by atoms with Crippen LogP contribution < -0.4 is 43.1 Å². The van der Waals surface area contributed by atoms with E-state index in [1.165, 1.54) is 35.2 Å². The molecule has 0 aliphatic rings. The van der Waals surface area contributed by atoms with Gasteiger partial charge in [-0.25, -0.2) is 38.9 Å². The van der Waals surface area contributed by atoms with Crippen molar-refractivity contribution in [1.82, 2.24) is 78.8 Å². The van der Waals surface area contributed by atoms with Crippen molar-refractivity contribution in [2.45, 2.75) is 52.0 Å². The van der Waals surface area contributed by atoms with Gasteiger partial charge >= 0.3 is 6.18 Å². The van der Waals surface area contributed by atoms with E-state index in [4.69, 9.17) is 15.5 Å². The molecule has 15 aromatic rings. The number of hydrogen-bond acceptors (Lipinski definition) is 16. The van der Waals surface area contributed by atoms with Gasteiger partial charge in [-0.05, 0) is 135 Å². The van der Waals surface area contributed by atoms with Crippen LogP contribution in [0.3, 0.4) is 0 Å². The first-order chi connectivity index (χ1) is 50.3. The molecule has 0 saturated heterocycles. The number of anilines is 1. The van der Waals surface area contributed by atoms with Crippen LogP contribution in [0.5, 0.6) is 5.88 Å². The summed E-state index contributed by atoms with van der Waals surface area (Å²) in [6, 6.07) is 53.0. The number of pyridine rings is 3. The van der Waals surface area contributed by atoms with E-state index in [0.29, 0.717) is 67.6 Å². The number of carbonyl (C=O) groups excluding carboxylic acids is 2. The number of para-hydroxylation sites is 4. The van der Waals surface area contributed by atoms with E-state index in [1.54, 1.807) is 119 Å². The number of nitrogen functional groups attached to an aromatic ring is 1. The van der Waals surface area contributed by atoms with Gasteiger partial charge in [0.25, 0.3) is 28.5 Å². The number of nitrogens with two attached hydrogens (primary N) is 1. The third-order valence-electron chi connectivity index (χ3n) is 17.3. The molecule has 0 fully saturated rings. The van der Waals surface area contributed by atoms with Gasteiger partial charge in [-0.3, -0.25) is 37.7 Å². The maximum absolute atomic E-state index is 14.3. The summed E-state index contributed by atoms with van der Waals surface area (Å²) in [6.45, 7) is 11.5. The first-order valence-electron chi connectivity index (χ1n) is 32.6. The topological polar surface area (TPSA) is 283 Å². The Bertz CT molecular complexity index is 5960. The Labute approximate surface area is 590 Å². The predicted molar refractivity (Wildman–Crippen MR) is 391 cm³/mol. The second-order valence-electron chi connectivity index (χ2n) is 24.0. The van der Waals surface area contributed by atoms with Crippen LogP contribution in [0.2, 0.25) is 0 Å². The minimum absolute atomic E-state index is 0.0732. The summed E-state index contributed by atoms with van der Waals surface area (Å²) in [6.07, 6.45) is 8.29. The molecular formula is C78H64F3N17O6. The molecule has 0 unspecified atom stereocenters. The van der Waals surface area contributed by atoms with Gasteiger partial charge in [-0.2, -0.15) is 23.4 Å². The molecule has 518 valence electrons. The number of nitrogens with zero attached hydrogens (tertiary/aromatic N) is 13. The fourth-order valence-electron chi connectivity index (χ4n) is 12.4. The molecule has 0 bridgehead atoms. The number of alkyl halides is 3. The monoisotopic (exact) mass is 1390 g/mol. The smallest absolute Gasteiger partial charge is 0.417 e. The van der Waals surface area contributed by atoms with E-state index in [1.807, 2.05) is 129 Å². The Morgan fingerprint density at radius 3 is 1.77 bits per heavy atom. The first kappa shape index (κ1) is 68.7. The lowest BCUT2D eigenvalue weighted by molar-refractivity contribution is -0.136. The molecule has 0 radical (unpaired) electrons. The molecule has 3 atom stereocenters.